The number of nitrogen functional groups attached to an aromatic ring is 1. The molecule has 0 radical (unpaired) electrons. The number of hydrogen-bond donors (Lipinski definition) is 1. The summed E-state index contributed by atoms with van der Waals surface area (Å²) < 4.78 is 24.3. The third-order valence-electron chi connectivity index (χ3n) is 2.26. The lowest BCUT2D eigenvalue weighted by atomic mass is 10.3. The number of hydrogen-bond acceptors (Lipinski definition) is 5. The van der Waals surface area contributed by atoms with Crippen LogP contribution in [0.5, 0.6) is 0 Å². The van der Waals surface area contributed by atoms with Crippen molar-refractivity contribution >= 4 is 27.4 Å². The SMILES string of the molecule is CN(Cc1nc(N)c2ccsc2n1)CC(F)F. The first kappa shape index (κ1) is 12.1. The van der Waals surface area contributed by atoms with E-state index >= 15 is 0 Å². The third kappa shape index (κ3) is 2.86. The Labute approximate surface area is 101 Å². The van der Waals surface area contributed by atoms with E-state index in [0.29, 0.717) is 11.6 Å². The number of fused-ring (bicyclic) bond motifs is 1. The predicted molar refractivity (Wildman–Crippen MR) is 64.2 cm³/mol. The van der Waals surface area contributed by atoms with Crippen molar-refractivity contribution in [2.75, 3.05) is 19.3 Å². The Kier molecular flexibility index (Phi) is 3.49. The lowest BCUT2D eigenvalue weighted by Crippen LogP contribution is -2.25. The van der Waals surface area contributed by atoms with Gasteiger partial charge in [0.1, 0.15) is 16.5 Å². The number of rotatable bonds is 4. The summed E-state index contributed by atoms with van der Waals surface area (Å²) in [5, 5.41) is 2.69. The smallest absolute Gasteiger partial charge is 0.251 e. The molecule has 4 nitrogen and oxygen atoms in total. The topological polar surface area (TPSA) is 55.0 Å². The summed E-state index contributed by atoms with van der Waals surface area (Å²) in [5.41, 5.74) is 5.77. The highest BCUT2D eigenvalue weighted by atomic mass is 32.1. The van der Waals surface area contributed by atoms with Crippen LogP contribution >= 0.6 is 11.3 Å². The van der Waals surface area contributed by atoms with Crippen LogP contribution in [0.15, 0.2) is 11.4 Å². The monoisotopic (exact) mass is 258 g/mol. The lowest BCUT2D eigenvalue weighted by Gasteiger charge is -2.14. The summed E-state index contributed by atoms with van der Waals surface area (Å²) in [5.74, 6) is 0.872. The number of anilines is 1. The molecule has 0 spiro atoms. The second kappa shape index (κ2) is 4.89. The molecular formula is C10H12F2N4S. The van der Waals surface area contributed by atoms with Crippen molar-refractivity contribution in [1.29, 1.82) is 0 Å². The largest absolute Gasteiger partial charge is 0.383 e. The van der Waals surface area contributed by atoms with Gasteiger partial charge in [-0.1, -0.05) is 0 Å². The van der Waals surface area contributed by atoms with Gasteiger partial charge in [0, 0.05) is 0 Å². The quantitative estimate of drug-likeness (QED) is 0.911. The molecule has 0 fully saturated rings. The Balaban J connectivity index is 2.18. The fraction of sp³-hybridized carbons (Fsp3) is 0.400. The fourth-order valence-electron chi connectivity index (χ4n) is 1.54. The van der Waals surface area contributed by atoms with Crippen LogP contribution in [0, 0.1) is 0 Å². The molecule has 0 saturated carbocycles. The Morgan fingerprint density at radius 2 is 2.24 bits per heavy atom. The van der Waals surface area contributed by atoms with Crippen LogP contribution in [-0.2, 0) is 6.54 Å². The number of thiophene rings is 1. The Morgan fingerprint density at radius 3 is 2.94 bits per heavy atom. The van der Waals surface area contributed by atoms with Crippen molar-refractivity contribution in [3.63, 3.8) is 0 Å². The molecular weight excluding hydrogens is 246 g/mol. The molecule has 2 rings (SSSR count). The summed E-state index contributed by atoms with van der Waals surface area (Å²) in [4.78, 5) is 10.7. The molecule has 2 N–H and O–H groups in total. The minimum absolute atomic E-state index is 0.266. The van der Waals surface area contributed by atoms with E-state index in [1.807, 2.05) is 11.4 Å². The molecule has 0 aliphatic heterocycles. The van der Waals surface area contributed by atoms with E-state index in [2.05, 4.69) is 9.97 Å². The Morgan fingerprint density at radius 1 is 1.47 bits per heavy atom. The Hall–Kier alpha value is -1.34. The van der Waals surface area contributed by atoms with E-state index < -0.39 is 6.43 Å². The highest BCUT2D eigenvalue weighted by Crippen LogP contribution is 2.23. The van der Waals surface area contributed by atoms with Crippen LogP contribution < -0.4 is 5.73 Å². The van der Waals surface area contributed by atoms with Crippen molar-refractivity contribution in [2.24, 2.45) is 0 Å². The summed E-state index contributed by atoms with van der Waals surface area (Å²) in [6.07, 6.45) is -2.36. The average Bonchev–Trinajstić information content (AvgIpc) is 2.64. The van der Waals surface area contributed by atoms with Gasteiger partial charge in [-0.3, -0.25) is 4.90 Å². The van der Waals surface area contributed by atoms with Gasteiger partial charge in [-0.25, -0.2) is 18.7 Å². The molecule has 0 saturated heterocycles. The second-order valence-electron chi connectivity index (χ2n) is 3.75. The van der Waals surface area contributed by atoms with Gasteiger partial charge >= 0.3 is 0 Å². The maximum Gasteiger partial charge on any atom is 0.251 e. The molecule has 2 aromatic heterocycles. The normalized spacial score (nSPS) is 11.8. The molecule has 2 aromatic rings. The van der Waals surface area contributed by atoms with Crippen LogP contribution in [0.4, 0.5) is 14.6 Å². The van der Waals surface area contributed by atoms with E-state index in [-0.39, 0.29) is 13.1 Å². The molecule has 0 aliphatic rings. The highest BCUT2D eigenvalue weighted by molar-refractivity contribution is 7.16. The molecule has 17 heavy (non-hydrogen) atoms. The zero-order chi connectivity index (χ0) is 12.4. The van der Waals surface area contributed by atoms with Crippen molar-refractivity contribution in [3.8, 4) is 0 Å². The number of aromatic nitrogens is 2. The first-order valence-corrected chi connectivity index (χ1v) is 5.90. The third-order valence-corrected chi connectivity index (χ3v) is 3.07. The van der Waals surface area contributed by atoms with Crippen LogP contribution in [0.1, 0.15) is 5.82 Å². The van der Waals surface area contributed by atoms with Crippen LogP contribution in [0.3, 0.4) is 0 Å². The van der Waals surface area contributed by atoms with Gasteiger partial charge in [-0.2, -0.15) is 0 Å². The van der Waals surface area contributed by atoms with Crippen molar-refractivity contribution < 1.29 is 8.78 Å². The van der Waals surface area contributed by atoms with E-state index in [1.165, 1.54) is 16.2 Å². The van der Waals surface area contributed by atoms with Gasteiger partial charge < -0.3 is 5.73 Å². The number of nitrogens with two attached hydrogens (primary N) is 1. The van der Waals surface area contributed by atoms with Gasteiger partial charge in [-0.05, 0) is 18.5 Å². The molecule has 92 valence electrons. The van der Waals surface area contributed by atoms with E-state index in [1.54, 1.807) is 7.05 Å². The van der Waals surface area contributed by atoms with Crippen molar-refractivity contribution in [3.05, 3.63) is 17.3 Å². The van der Waals surface area contributed by atoms with Crippen molar-refractivity contribution in [1.82, 2.24) is 14.9 Å². The molecule has 0 aromatic carbocycles. The average molecular weight is 258 g/mol. The maximum atomic E-state index is 12.2. The molecule has 0 atom stereocenters. The van der Waals surface area contributed by atoms with E-state index in [9.17, 15) is 8.78 Å². The molecule has 0 aliphatic carbocycles. The standard InChI is InChI=1S/C10H12F2N4S/c1-16(4-7(11)12)5-8-14-9(13)6-2-3-17-10(6)15-8/h2-3,7H,4-5H2,1H3,(H2,13,14,15). The molecule has 0 unspecified atom stereocenters. The summed E-state index contributed by atoms with van der Waals surface area (Å²) in [6, 6.07) is 1.85. The number of nitrogens with zero attached hydrogens (tertiary/aromatic N) is 3. The Bertz CT molecular complexity index is 514. The number of alkyl halides is 2. The van der Waals surface area contributed by atoms with Gasteiger partial charge in [0.15, 0.2) is 0 Å². The fourth-order valence-corrected chi connectivity index (χ4v) is 2.33. The highest BCUT2D eigenvalue weighted by Gasteiger charge is 2.11. The maximum absolute atomic E-state index is 12.2. The summed E-state index contributed by atoms with van der Waals surface area (Å²) >= 11 is 1.46. The summed E-state index contributed by atoms with van der Waals surface area (Å²) in [6.45, 7) is -0.0336. The van der Waals surface area contributed by atoms with E-state index in [0.717, 1.165) is 10.2 Å². The zero-order valence-corrected chi connectivity index (χ0v) is 10.0. The minimum atomic E-state index is -2.36. The lowest BCUT2D eigenvalue weighted by molar-refractivity contribution is 0.0966. The van der Waals surface area contributed by atoms with E-state index in [4.69, 9.17) is 5.73 Å². The number of halogens is 2. The molecule has 0 bridgehead atoms. The van der Waals surface area contributed by atoms with Crippen LogP contribution in [-0.4, -0.2) is 34.9 Å². The van der Waals surface area contributed by atoms with Crippen LogP contribution in [0.2, 0.25) is 0 Å². The first-order valence-electron chi connectivity index (χ1n) is 5.02. The zero-order valence-electron chi connectivity index (χ0n) is 9.23. The first-order chi connectivity index (χ1) is 8.06. The predicted octanol–water partition coefficient (Wildman–Crippen LogP) is 1.97. The second-order valence-corrected chi connectivity index (χ2v) is 4.65. The van der Waals surface area contributed by atoms with Crippen LogP contribution in [0.25, 0.3) is 10.2 Å². The molecule has 7 heteroatoms. The minimum Gasteiger partial charge on any atom is -0.383 e. The van der Waals surface area contributed by atoms with Gasteiger partial charge in [0.25, 0.3) is 6.43 Å². The molecule has 0 amide bonds. The summed E-state index contributed by atoms with van der Waals surface area (Å²) in [7, 11) is 1.60. The van der Waals surface area contributed by atoms with Gasteiger partial charge in [-0.15, -0.1) is 11.3 Å². The van der Waals surface area contributed by atoms with Gasteiger partial charge in [0.05, 0.1) is 18.5 Å². The van der Waals surface area contributed by atoms with Crippen molar-refractivity contribution in [2.45, 2.75) is 13.0 Å². The molecule has 2 heterocycles. The van der Waals surface area contributed by atoms with Gasteiger partial charge in [0.2, 0.25) is 0 Å².